The molecule has 0 fully saturated rings. The molecule has 0 aromatic heterocycles. The van der Waals surface area contributed by atoms with Gasteiger partial charge in [0.15, 0.2) is 0 Å². The van der Waals surface area contributed by atoms with Crippen molar-refractivity contribution in [3.05, 3.63) is 35.6 Å². The molecule has 0 saturated carbocycles. The summed E-state index contributed by atoms with van der Waals surface area (Å²) in [5, 5.41) is 11.4. The summed E-state index contributed by atoms with van der Waals surface area (Å²) in [6, 6.07) is 6.12. The molecule has 1 aromatic rings. The van der Waals surface area contributed by atoms with Gasteiger partial charge >= 0.3 is 5.97 Å². The van der Waals surface area contributed by atoms with E-state index in [2.05, 4.69) is 5.32 Å². The molecule has 0 spiro atoms. The van der Waals surface area contributed by atoms with Crippen molar-refractivity contribution in [2.75, 3.05) is 6.54 Å². The molecular weight excluding hydrogens is 197 g/mol. The first-order valence-corrected chi connectivity index (χ1v) is 4.65. The number of benzene rings is 1. The monoisotopic (exact) mass is 211 g/mol. The summed E-state index contributed by atoms with van der Waals surface area (Å²) in [5.41, 5.74) is 0.171. The molecule has 1 rings (SSSR count). The summed E-state index contributed by atoms with van der Waals surface area (Å²) in [6.07, 6.45) is 0. The number of carboxylic acids is 1. The number of carboxylic acid groups (broad SMARTS) is 1. The lowest BCUT2D eigenvalue weighted by atomic mass is 9.94. The van der Waals surface area contributed by atoms with Gasteiger partial charge in [0.1, 0.15) is 5.82 Å². The van der Waals surface area contributed by atoms with E-state index < -0.39 is 11.5 Å². The van der Waals surface area contributed by atoms with E-state index in [4.69, 9.17) is 5.11 Å². The highest BCUT2D eigenvalue weighted by molar-refractivity contribution is 5.69. The zero-order valence-electron chi connectivity index (χ0n) is 8.75. The minimum absolute atomic E-state index is 0.149. The van der Waals surface area contributed by atoms with Crippen molar-refractivity contribution in [2.24, 2.45) is 0 Å². The van der Waals surface area contributed by atoms with Crippen molar-refractivity contribution >= 4 is 5.97 Å². The van der Waals surface area contributed by atoms with Crippen LogP contribution in [0.5, 0.6) is 0 Å². The molecule has 0 atom stereocenters. The second kappa shape index (κ2) is 4.40. The summed E-state index contributed by atoms with van der Waals surface area (Å²) in [7, 11) is 0. The Kier molecular flexibility index (Phi) is 3.42. The molecule has 0 aliphatic heterocycles. The second-order valence-corrected chi connectivity index (χ2v) is 3.88. The Bertz CT molecular complexity index is 363. The van der Waals surface area contributed by atoms with Gasteiger partial charge < -0.3 is 5.11 Å². The van der Waals surface area contributed by atoms with Crippen molar-refractivity contribution in [2.45, 2.75) is 19.4 Å². The van der Waals surface area contributed by atoms with E-state index in [-0.39, 0.29) is 12.4 Å². The quantitative estimate of drug-likeness (QED) is 0.797. The molecule has 0 amide bonds. The van der Waals surface area contributed by atoms with Crippen molar-refractivity contribution in [1.29, 1.82) is 0 Å². The van der Waals surface area contributed by atoms with Gasteiger partial charge in [0.05, 0.1) is 6.54 Å². The zero-order chi connectivity index (χ0) is 11.5. The lowest BCUT2D eigenvalue weighted by Gasteiger charge is -2.26. The van der Waals surface area contributed by atoms with Gasteiger partial charge in [-0.15, -0.1) is 0 Å². The predicted molar refractivity (Wildman–Crippen MR) is 55.1 cm³/mol. The summed E-state index contributed by atoms with van der Waals surface area (Å²) in [6.45, 7) is 3.47. The van der Waals surface area contributed by atoms with E-state index in [1.165, 1.54) is 12.1 Å². The Morgan fingerprint density at radius 2 is 2.20 bits per heavy atom. The average Bonchev–Trinajstić information content (AvgIpc) is 2.15. The third kappa shape index (κ3) is 3.32. The van der Waals surface area contributed by atoms with E-state index in [1.54, 1.807) is 12.1 Å². The van der Waals surface area contributed by atoms with Crippen LogP contribution in [0.1, 0.15) is 19.4 Å². The van der Waals surface area contributed by atoms with Crippen LogP contribution >= 0.6 is 0 Å². The van der Waals surface area contributed by atoms with Crippen LogP contribution < -0.4 is 5.32 Å². The minimum atomic E-state index is -0.931. The number of rotatable bonds is 4. The molecule has 0 unspecified atom stereocenters. The first kappa shape index (κ1) is 11.7. The van der Waals surface area contributed by atoms with Gasteiger partial charge in [-0.25, -0.2) is 4.39 Å². The van der Waals surface area contributed by atoms with Gasteiger partial charge in [-0.2, -0.15) is 0 Å². The molecule has 0 heterocycles. The summed E-state index contributed by atoms with van der Waals surface area (Å²) in [4.78, 5) is 10.4. The largest absolute Gasteiger partial charge is 0.480 e. The van der Waals surface area contributed by atoms with Gasteiger partial charge in [0.25, 0.3) is 0 Å². The number of aliphatic carboxylic acids is 1. The smallest absolute Gasteiger partial charge is 0.317 e. The third-order valence-corrected chi connectivity index (χ3v) is 2.23. The van der Waals surface area contributed by atoms with Crippen LogP contribution in [0, 0.1) is 5.82 Å². The Hall–Kier alpha value is -1.42. The average molecular weight is 211 g/mol. The maximum absolute atomic E-state index is 13.0. The van der Waals surface area contributed by atoms with Crippen molar-refractivity contribution in [3.8, 4) is 0 Å². The molecule has 0 aliphatic rings. The number of hydrogen-bond donors (Lipinski definition) is 2. The topological polar surface area (TPSA) is 49.3 Å². The van der Waals surface area contributed by atoms with E-state index >= 15 is 0 Å². The highest BCUT2D eigenvalue weighted by Gasteiger charge is 2.20. The van der Waals surface area contributed by atoms with Crippen LogP contribution in [0.25, 0.3) is 0 Å². The van der Waals surface area contributed by atoms with Crippen LogP contribution in [-0.4, -0.2) is 17.6 Å². The lowest BCUT2D eigenvalue weighted by Crippen LogP contribution is -2.39. The highest BCUT2D eigenvalue weighted by atomic mass is 19.1. The van der Waals surface area contributed by atoms with Crippen molar-refractivity contribution in [1.82, 2.24) is 5.32 Å². The number of hydrogen-bond acceptors (Lipinski definition) is 2. The fourth-order valence-corrected chi connectivity index (χ4v) is 1.28. The van der Waals surface area contributed by atoms with Gasteiger partial charge in [-0.3, -0.25) is 10.1 Å². The van der Waals surface area contributed by atoms with E-state index in [0.29, 0.717) is 0 Å². The molecule has 0 bridgehead atoms. The first-order chi connectivity index (χ1) is 6.92. The van der Waals surface area contributed by atoms with Crippen LogP contribution in [-0.2, 0) is 10.3 Å². The number of carbonyl (C=O) groups is 1. The molecule has 0 radical (unpaired) electrons. The van der Waals surface area contributed by atoms with Crippen molar-refractivity contribution in [3.63, 3.8) is 0 Å². The summed E-state index contributed by atoms with van der Waals surface area (Å²) >= 11 is 0. The zero-order valence-corrected chi connectivity index (χ0v) is 8.75. The molecule has 1 aromatic carbocycles. The fourth-order valence-electron chi connectivity index (χ4n) is 1.28. The molecule has 4 heteroatoms. The highest BCUT2D eigenvalue weighted by Crippen LogP contribution is 2.20. The summed E-state index contributed by atoms with van der Waals surface area (Å²) < 4.78 is 13.0. The first-order valence-electron chi connectivity index (χ1n) is 4.65. The third-order valence-electron chi connectivity index (χ3n) is 2.23. The molecule has 3 nitrogen and oxygen atoms in total. The maximum Gasteiger partial charge on any atom is 0.317 e. The van der Waals surface area contributed by atoms with Gasteiger partial charge in [-0.1, -0.05) is 12.1 Å². The van der Waals surface area contributed by atoms with Gasteiger partial charge in [0, 0.05) is 5.54 Å². The maximum atomic E-state index is 13.0. The SMILES string of the molecule is CC(C)(NCC(=O)O)c1cccc(F)c1. The number of halogens is 1. The van der Waals surface area contributed by atoms with Crippen LogP contribution in [0.4, 0.5) is 4.39 Å². The normalized spacial score (nSPS) is 11.4. The Labute approximate surface area is 87.9 Å². The fraction of sp³-hybridized carbons (Fsp3) is 0.364. The van der Waals surface area contributed by atoms with E-state index in [1.807, 2.05) is 13.8 Å². The van der Waals surface area contributed by atoms with Crippen LogP contribution in [0.2, 0.25) is 0 Å². The van der Waals surface area contributed by atoms with Gasteiger partial charge in [0.2, 0.25) is 0 Å². The molecule has 2 N–H and O–H groups in total. The van der Waals surface area contributed by atoms with Crippen LogP contribution in [0.15, 0.2) is 24.3 Å². The standard InChI is InChI=1S/C11H14FNO2/c1-11(2,13-7-10(14)15)8-4-3-5-9(12)6-8/h3-6,13H,7H2,1-2H3,(H,14,15). The Balaban J connectivity index is 2.80. The number of nitrogens with one attached hydrogen (secondary N) is 1. The van der Waals surface area contributed by atoms with E-state index in [9.17, 15) is 9.18 Å². The second-order valence-electron chi connectivity index (χ2n) is 3.88. The molecule has 82 valence electrons. The van der Waals surface area contributed by atoms with E-state index in [0.717, 1.165) is 5.56 Å². The minimum Gasteiger partial charge on any atom is -0.480 e. The van der Waals surface area contributed by atoms with Gasteiger partial charge in [-0.05, 0) is 31.5 Å². The molecule has 15 heavy (non-hydrogen) atoms. The Morgan fingerprint density at radius 1 is 1.53 bits per heavy atom. The lowest BCUT2D eigenvalue weighted by molar-refractivity contribution is -0.136. The van der Waals surface area contributed by atoms with Crippen LogP contribution in [0.3, 0.4) is 0 Å². The Morgan fingerprint density at radius 3 is 2.73 bits per heavy atom. The van der Waals surface area contributed by atoms with Crippen molar-refractivity contribution < 1.29 is 14.3 Å². The molecular formula is C11H14FNO2. The predicted octanol–water partition coefficient (Wildman–Crippen LogP) is 1.73. The molecule has 0 saturated heterocycles. The molecule has 0 aliphatic carbocycles. The summed E-state index contributed by atoms with van der Waals surface area (Å²) in [5.74, 6) is -1.25.